The topological polar surface area (TPSA) is 3.24 Å². The molecule has 0 aromatic rings. The summed E-state index contributed by atoms with van der Waals surface area (Å²) in [5.74, 6) is 0. The van der Waals surface area contributed by atoms with Gasteiger partial charge in [-0.15, -0.1) is 0 Å². The summed E-state index contributed by atoms with van der Waals surface area (Å²) in [6.07, 6.45) is 2.99. The van der Waals surface area contributed by atoms with Crippen LogP contribution >= 0.6 is 0 Å². The standard InChI is InChI=1S/C11H23F2N/c1-3-9-14(2)10-7-5-4-6-8-11(12)13/h11H,3-10H2,1-2H3. The van der Waals surface area contributed by atoms with Crippen LogP contribution in [-0.2, 0) is 0 Å². The van der Waals surface area contributed by atoms with Crippen LogP contribution in [0, 0.1) is 0 Å². The lowest BCUT2D eigenvalue weighted by Crippen LogP contribution is -2.20. The average Bonchev–Trinajstić information content (AvgIpc) is 2.11. The highest BCUT2D eigenvalue weighted by Gasteiger charge is 2.01. The molecule has 0 aliphatic rings. The molecule has 0 atom stereocenters. The number of hydrogen-bond acceptors (Lipinski definition) is 1. The Morgan fingerprint density at radius 3 is 2.21 bits per heavy atom. The summed E-state index contributed by atoms with van der Waals surface area (Å²) in [7, 11) is 2.11. The van der Waals surface area contributed by atoms with Gasteiger partial charge in [0.2, 0.25) is 6.43 Å². The van der Waals surface area contributed by atoms with Crippen LogP contribution in [0.25, 0.3) is 0 Å². The minimum absolute atomic E-state index is 0.0742. The molecule has 0 aromatic carbocycles. The fourth-order valence-electron chi connectivity index (χ4n) is 1.53. The van der Waals surface area contributed by atoms with Gasteiger partial charge in [-0.05, 0) is 39.4 Å². The highest BCUT2D eigenvalue weighted by molar-refractivity contribution is 4.51. The molecule has 0 heterocycles. The first kappa shape index (κ1) is 13.8. The van der Waals surface area contributed by atoms with E-state index in [1.54, 1.807) is 0 Å². The van der Waals surface area contributed by atoms with Crippen molar-refractivity contribution < 1.29 is 8.78 Å². The Hall–Kier alpha value is -0.180. The van der Waals surface area contributed by atoms with Crippen molar-refractivity contribution in [1.82, 2.24) is 4.90 Å². The molecular formula is C11H23F2N. The molecule has 0 aromatic heterocycles. The first-order valence-electron chi connectivity index (χ1n) is 5.63. The zero-order valence-electron chi connectivity index (χ0n) is 9.44. The van der Waals surface area contributed by atoms with Gasteiger partial charge in [-0.2, -0.15) is 0 Å². The van der Waals surface area contributed by atoms with Gasteiger partial charge < -0.3 is 4.90 Å². The lowest BCUT2D eigenvalue weighted by Gasteiger charge is -2.14. The molecule has 0 unspecified atom stereocenters. The summed E-state index contributed by atoms with van der Waals surface area (Å²) in [6, 6.07) is 0. The first-order chi connectivity index (χ1) is 6.66. The summed E-state index contributed by atoms with van der Waals surface area (Å²) >= 11 is 0. The fourth-order valence-corrected chi connectivity index (χ4v) is 1.53. The first-order valence-corrected chi connectivity index (χ1v) is 5.63. The molecule has 0 fully saturated rings. The quantitative estimate of drug-likeness (QED) is 0.523. The Kier molecular flexibility index (Phi) is 9.26. The van der Waals surface area contributed by atoms with Crippen molar-refractivity contribution in [1.29, 1.82) is 0 Å². The SMILES string of the molecule is CCCN(C)CCCCCCC(F)F. The second-order valence-corrected chi connectivity index (χ2v) is 3.90. The smallest absolute Gasteiger partial charge is 0.238 e. The molecule has 3 heteroatoms. The Labute approximate surface area is 86.5 Å². The minimum Gasteiger partial charge on any atom is -0.306 e. The third kappa shape index (κ3) is 9.90. The lowest BCUT2D eigenvalue weighted by atomic mass is 10.1. The van der Waals surface area contributed by atoms with E-state index in [1.165, 1.54) is 6.42 Å². The van der Waals surface area contributed by atoms with Crippen LogP contribution in [-0.4, -0.2) is 31.5 Å². The normalized spacial score (nSPS) is 11.6. The van der Waals surface area contributed by atoms with Crippen molar-refractivity contribution in [3.8, 4) is 0 Å². The van der Waals surface area contributed by atoms with E-state index in [4.69, 9.17) is 0 Å². The van der Waals surface area contributed by atoms with Crippen LogP contribution < -0.4 is 0 Å². The summed E-state index contributed by atoms with van der Waals surface area (Å²) in [6.45, 7) is 4.40. The molecule has 0 saturated heterocycles. The van der Waals surface area contributed by atoms with E-state index >= 15 is 0 Å². The third-order valence-corrected chi connectivity index (χ3v) is 2.32. The van der Waals surface area contributed by atoms with Crippen LogP contribution in [0.15, 0.2) is 0 Å². The maximum Gasteiger partial charge on any atom is 0.238 e. The number of rotatable bonds is 9. The lowest BCUT2D eigenvalue weighted by molar-refractivity contribution is 0.133. The second kappa shape index (κ2) is 9.38. The van der Waals surface area contributed by atoms with E-state index in [0.717, 1.165) is 32.4 Å². The van der Waals surface area contributed by atoms with Gasteiger partial charge in [0.25, 0.3) is 0 Å². The maximum atomic E-state index is 11.8. The van der Waals surface area contributed by atoms with E-state index in [2.05, 4.69) is 18.9 Å². The monoisotopic (exact) mass is 207 g/mol. The van der Waals surface area contributed by atoms with Gasteiger partial charge in [0, 0.05) is 6.42 Å². The van der Waals surface area contributed by atoms with Crippen molar-refractivity contribution in [3.63, 3.8) is 0 Å². The molecule has 0 saturated carbocycles. The van der Waals surface area contributed by atoms with Crippen LogP contribution in [0.5, 0.6) is 0 Å². The van der Waals surface area contributed by atoms with Crippen molar-refractivity contribution in [2.75, 3.05) is 20.1 Å². The van der Waals surface area contributed by atoms with Crippen LogP contribution in [0.4, 0.5) is 8.78 Å². The summed E-state index contributed by atoms with van der Waals surface area (Å²) in [5, 5.41) is 0. The van der Waals surface area contributed by atoms with E-state index in [1.807, 2.05) is 0 Å². The molecule has 0 bridgehead atoms. The largest absolute Gasteiger partial charge is 0.306 e. The zero-order chi connectivity index (χ0) is 10.8. The number of unbranched alkanes of at least 4 members (excludes halogenated alkanes) is 3. The molecule has 0 N–H and O–H groups in total. The average molecular weight is 207 g/mol. The number of nitrogens with zero attached hydrogens (tertiary/aromatic N) is 1. The Morgan fingerprint density at radius 1 is 1.00 bits per heavy atom. The van der Waals surface area contributed by atoms with Gasteiger partial charge in [0.1, 0.15) is 0 Å². The van der Waals surface area contributed by atoms with E-state index in [-0.39, 0.29) is 6.42 Å². The maximum absolute atomic E-state index is 11.8. The van der Waals surface area contributed by atoms with Gasteiger partial charge >= 0.3 is 0 Å². The van der Waals surface area contributed by atoms with E-state index < -0.39 is 6.43 Å². The summed E-state index contributed by atoms with van der Waals surface area (Å²) in [4.78, 5) is 2.30. The van der Waals surface area contributed by atoms with Crippen molar-refractivity contribution in [3.05, 3.63) is 0 Å². The molecular weight excluding hydrogens is 184 g/mol. The van der Waals surface area contributed by atoms with Crippen molar-refractivity contribution in [2.45, 2.75) is 51.9 Å². The summed E-state index contributed by atoms with van der Waals surface area (Å²) in [5.41, 5.74) is 0. The number of alkyl halides is 2. The van der Waals surface area contributed by atoms with Crippen LogP contribution in [0.2, 0.25) is 0 Å². The summed E-state index contributed by atoms with van der Waals surface area (Å²) < 4.78 is 23.5. The Balaban J connectivity index is 3.05. The minimum atomic E-state index is -2.11. The predicted octanol–water partition coefficient (Wildman–Crippen LogP) is 3.54. The molecule has 86 valence electrons. The van der Waals surface area contributed by atoms with Gasteiger partial charge in [-0.25, -0.2) is 8.78 Å². The van der Waals surface area contributed by atoms with Crippen molar-refractivity contribution >= 4 is 0 Å². The Morgan fingerprint density at radius 2 is 1.64 bits per heavy atom. The second-order valence-electron chi connectivity index (χ2n) is 3.90. The molecule has 0 aliphatic heterocycles. The number of hydrogen-bond donors (Lipinski definition) is 0. The molecule has 0 radical (unpaired) electrons. The van der Waals surface area contributed by atoms with Crippen LogP contribution in [0.1, 0.15) is 45.4 Å². The van der Waals surface area contributed by atoms with E-state index in [9.17, 15) is 8.78 Å². The van der Waals surface area contributed by atoms with Gasteiger partial charge in [-0.1, -0.05) is 19.8 Å². The molecule has 0 aliphatic carbocycles. The van der Waals surface area contributed by atoms with Gasteiger partial charge in [0.05, 0.1) is 0 Å². The zero-order valence-corrected chi connectivity index (χ0v) is 9.44. The third-order valence-electron chi connectivity index (χ3n) is 2.32. The van der Waals surface area contributed by atoms with Gasteiger partial charge in [0.15, 0.2) is 0 Å². The molecule has 0 rings (SSSR count). The highest BCUT2D eigenvalue weighted by Crippen LogP contribution is 2.09. The molecule has 0 amide bonds. The molecule has 14 heavy (non-hydrogen) atoms. The predicted molar refractivity (Wildman–Crippen MR) is 56.9 cm³/mol. The van der Waals surface area contributed by atoms with E-state index in [0.29, 0.717) is 6.42 Å². The number of halogens is 2. The fraction of sp³-hybridized carbons (Fsp3) is 1.00. The Bertz CT molecular complexity index is 118. The van der Waals surface area contributed by atoms with Crippen LogP contribution in [0.3, 0.4) is 0 Å². The molecule has 1 nitrogen and oxygen atoms in total. The van der Waals surface area contributed by atoms with Gasteiger partial charge in [-0.3, -0.25) is 0 Å². The van der Waals surface area contributed by atoms with Crippen molar-refractivity contribution in [2.24, 2.45) is 0 Å². The molecule has 0 spiro atoms. The highest BCUT2D eigenvalue weighted by atomic mass is 19.3.